The number of benzene rings is 2. The first kappa shape index (κ1) is 25.2. The van der Waals surface area contributed by atoms with Crippen molar-refractivity contribution >= 4 is 29.9 Å². The standard InChI is InChI=1S/C26H34N6.HI/c1-2-28-26(29-17-22-10-12-24(13-11-22)19-31-16-14-27-21-31)30-18-25-9-6-15-32(25)20-23-7-4-3-5-8-23;/h3-5,7-8,10-14,16,21,25H,2,6,9,15,17-20H2,1H3,(H2,28,29,30);1H. The lowest BCUT2D eigenvalue weighted by molar-refractivity contribution is 0.245. The van der Waals surface area contributed by atoms with E-state index >= 15 is 0 Å². The van der Waals surface area contributed by atoms with Crippen LogP contribution in [0.1, 0.15) is 36.5 Å². The van der Waals surface area contributed by atoms with Gasteiger partial charge in [0.1, 0.15) is 0 Å². The molecule has 2 aromatic carbocycles. The SMILES string of the molecule is CCNC(=NCc1ccc(Cn2ccnc2)cc1)NCC1CCCN1Cc1ccccc1.I. The molecule has 2 N–H and O–H groups in total. The molecule has 1 aromatic heterocycles. The summed E-state index contributed by atoms with van der Waals surface area (Å²) >= 11 is 0. The van der Waals surface area contributed by atoms with E-state index in [2.05, 4.69) is 86.6 Å². The third kappa shape index (κ3) is 7.85. The molecule has 0 amide bonds. The van der Waals surface area contributed by atoms with Gasteiger partial charge in [0.2, 0.25) is 0 Å². The summed E-state index contributed by atoms with van der Waals surface area (Å²) in [6.07, 6.45) is 8.14. The van der Waals surface area contributed by atoms with Crippen molar-refractivity contribution in [3.8, 4) is 0 Å². The van der Waals surface area contributed by atoms with Crippen LogP contribution in [0.4, 0.5) is 0 Å². The number of aliphatic imine (C=N–C) groups is 1. The van der Waals surface area contributed by atoms with E-state index < -0.39 is 0 Å². The first-order valence-electron chi connectivity index (χ1n) is 11.6. The van der Waals surface area contributed by atoms with Gasteiger partial charge in [0, 0.05) is 44.6 Å². The monoisotopic (exact) mass is 558 g/mol. The minimum Gasteiger partial charge on any atom is -0.357 e. The summed E-state index contributed by atoms with van der Waals surface area (Å²) in [6.45, 7) is 7.58. The number of halogens is 1. The molecule has 1 saturated heterocycles. The number of likely N-dealkylation sites (tertiary alicyclic amines) is 1. The van der Waals surface area contributed by atoms with Crippen LogP contribution in [0.15, 0.2) is 78.3 Å². The summed E-state index contributed by atoms with van der Waals surface area (Å²) in [5.74, 6) is 0.890. The van der Waals surface area contributed by atoms with Gasteiger partial charge in [-0.2, -0.15) is 0 Å². The van der Waals surface area contributed by atoms with Gasteiger partial charge < -0.3 is 15.2 Å². The maximum absolute atomic E-state index is 4.82. The van der Waals surface area contributed by atoms with Crippen molar-refractivity contribution in [3.05, 3.63) is 90.0 Å². The summed E-state index contributed by atoms with van der Waals surface area (Å²) in [5.41, 5.74) is 3.86. The predicted octanol–water partition coefficient (Wildman–Crippen LogP) is 4.27. The Kier molecular flexibility index (Phi) is 10.2. The molecule has 1 aliphatic heterocycles. The number of hydrogen-bond acceptors (Lipinski definition) is 3. The second-order valence-corrected chi connectivity index (χ2v) is 8.38. The van der Waals surface area contributed by atoms with E-state index in [0.717, 1.165) is 32.1 Å². The highest BCUT2D eigenvalue weighted by Crippen LogP contribution is 2.19. The second kappa shape index (κ2) is 13.3. The molecule has 1 fully saturated rings. The van der Waals surface area contributed by atoms with E-state index in [1.807, 2.05) is 18.7 Å². The van der Waals surface area contributed by atoms with Crippen molar-refractivity contribution in [2.75, 3.05) is 19.6 Å². The molecule has 0 saturated carbocycles. The van der Waals surface area contributed by atoms with E-state index in [-0.39, 0.29) is 24.0 Å². The van der Waals surface area contributed by atoms with Crippen molar-refractivity contribution in [1.29, 1.82) is 0 Å². The van der Waals surface area contributed by atoms with Gasteiger partial charge in [-0.1, -0.05) is 54.6 Å². The van der Waals surface area contributed by atoms with Crippen LogP contribution >= 0.6 is 24.0 Å². The van der Waals surface area contributed by atoms with Crippen LogP contribution in [0.25, 0.3) is 0 Å². The van der Waals surface area contributed by atoms with E-state index in [1.54, 1.807) is 0 Å². The highest BCUT2D eigenvalue weighted by atomic mass is 127. The second-order valence-electron chi connectivity index (χ2n) is 8.38. The van der Waals surface area contributed by atoms with Gasteiger partial charge in [0.05, 0.1) is 12.9 Å². The normalized spacial score (nSPS) is 16.4. The van der Waals surface area contributed by atoms with Crippen molar-refractivity contribution < 1.29 is 0 Å². The zero-order valence-corrected chi connectivity index (χ0v) is 21.7. The minimum absolute atomic E-state index is 0. The van der Waals surface area contributed by atoms with Crippen molar-refractivity contribution in [2.24, 2.45) is 4.99 Å². The molecule has 176 valence electrons. The third-order valence-corrected chi connectivity index (χ3v) is 5.94. The Morgan fingerprint density at radius 3 is 2.48 bits per heavy atom. The number of hydrogen-bond donors (Lipinski definition) is 2. The average molecular weight is 559 g/mol. The van der Waals surface area contributed by atoms with E-state index in [9.17, 15) is 0 Å². The van der Waals surface area contributed by atoms with Crippen LogP contribution in [0.3, 0.4) is 0 Å². The predicted molar refractivity (Wildman–Crippen MR) is 146 cm³/mol. The number of imidazole rings is 1. The molecule has 6 nitrogen and oxygen atoms in total. The lowest BCUT2D eigenvalue weighted by Crippen LogP contribution is -2.44. The molecule has 0 bridgehead atoms. The molecule has 1 atom stereocenters. The summed E-state index contributed by atoms with van der Waals surface area (Å²) < 4.78 is 2.07. The molecule has 0 radical (unpaired) electrons. The van der Waals surface area contributed by atoms with Gasteiger partial charge in [0.15, 0.2) is 5.96 Å². The van der Waals surface area contributed by atoms with E-state index in [0.29, 0.717) is 12.6 Å². The highest BCUT2D eigenvalue weighted by molar-refractivity contribution is 14.0. The molecular formula is C26H35IN6. The number of nitrogens with one attached hydrogen (secondary N) is 2. The Bertz CT molecular complexity index is 956. The van der Waals surface area contributed by atoms with Gasteiger partial charge in [0.25, 0.3) is 0 Å². The molecule has 1 unspecified atom stereocenters. The summed E-state index contributed by atoms with van der Waals surface area (Å²) in [7, 11) is 0. The molecule has 1 aliphatic rings. The van der Waals surface area contributed by atoms with Gasteiger partial charge in [-0.3, -0.25) is 4.90 Å². The molecule has 3 aromatic rings. The van der Waals surface area contributed by atoms with Crippen molar-refractivity contribution in [3.63, 3.8) is 0 Å². The number of aromatic nitrogens is 2. The fraction of sp³-hybridized carbons (Fsp3) is 0.385. The fourth-order valence-electron chi connectivity index (χ4n) is 4.22. The molecule has 0 aliphatic carbocycles. The van der Waals surface area contributed by atoms with Crippen molar-refractivity contribution in [2.45, 2.75) is 45.4 Å². The lowest BCUT2D eigenvalue weighted by atomic mass is 10.1. The Balaban J connectivity index is 0.00000306. The lowest BCUT2D eigenvalue weighted by Gasteiger charge is -2.25. The Labute approximate surface area is 214 Å². The van der Waals surface area contributed by atoms with Crippen LogP contribution in [-0.2, 0) is 19.6 Å². The van der Waals surface area contributed by atoms with Crippen LogP contribution in [0.5, 0.6) is 0 Å². The van der Waals surface area contributed by atoms with Crippen LogP contribution in [0.2, 0.25) is 0 Å². The summed E-state index contributed by atoms with van der Waals surface area (Å²) in [5, 5.41) is 6.97. The fourth-order valence-corrected chi connectivity index (χ4v) is 4.22. The Hall–Kier alpha value is -2.39. The van der Waals surface area contributed by atoms with Gasteiger partial charge >= 0.3 is 0 Å². The molecule has 4 rings (SSSR count). The molecule has 33 heavy (non-hydrogen) atoms. The topological polar surface area (TPSA) is 57.5 Å². The van der Waals surface area contributed by atoms with Crippen LogP contribution < -0.4 is 10.6 Å². The quantitative estimate of drug-likeness (QED) is 0.234. The average Bonchev–Trinajstić information content (AvgIpc) is 3.49. The number of rotatable bonds is 9. The number of guanidine groups is 1. The Morgan fingerprint density at radius 2 is 1.76 bits per heavy atom. The smallest absolute Gasteiger partial charge is 0.191 e. The zero-order chi connectivity index (χ0) is 22.0. The van der Waals surface area contributed by atoms with E-state index in [1.165, 1.54) is 36.1 Å². The molecule has 2 heterocycles. The maximum atomic E-state index is 4.82. The van der Waals surface area contributed by atoms with Crippen LogP contribution in [-0.4, -0.2) is 46.1 Å². The minimum atomic E-state index is 0. The third-order valence-electron chi connectivity index (χ3n) is 5.94. The molecule has 0 spiro atoms. The highest BCUT2D eigenvalue weighted by Gasteiger charge is 2.24. The maximum Gasteiger partial charge on any atom is 0.191 e. The first-order chi connectivity index (χ1) is 15.8. The van der Waals surface area contributed by atoms with Gasteiger partial charge in [-0.25, -0.2) is 9.98 Å². The first-order valence-corrected chi connectivity index (χ1v) is 11.6. The van der Waals surface area contributed by atoms with E-state index in [4.69, 9.17) is 4.99 Å². The largest absolute Gasteiger partial charge is 0.357 e. The molecular weight excluding hydrogens is 523 g/mol. The molecule has 7 heteroatoms. The number of nitrogens with zero attached hydrogens (tertiary/aromatic N) is 4. The van der Waals surface area contributed by atoms with Crippen molar-refractivity contribution in [1.82, 2.24) is 25.1 Å². The summed E-state index contributed by atoms with van der Waals surface area (Å²) in [6, 6.07) is 20.0. The van der Waals surface area contributed by atoms with Gasteiger partial charge in [-0.05, 0) is 43.0 Å². The zero-order valence-electron chi connectivity index (χ0n) is 19.4. The van der Waals surface area contributed by atoms with Crippen LogP contribution in [0, 0.1) is 0 Å². The van der Waals surface area contributed by atoms with Gasteiger partial charge in [-0.15, -0.1) is 24.0 Å². The summed E-state index contributed by atoms with van der Waals surface area (Å²) in [4.78, 5) is 11.5. The Morgan fingerprint density at radius 1 is 1.00 bits per heavy atom.